The number of rotatable bonds is 2. The second-order valence-electron chi connectivity index (χ2n) is 4.03. The Bertz CT molecular complexity index is 472. The van der Waals surface area contributed by atoms with Crippen molar-refractivity contribution in [2.75, 3.05) is 6.54 Å². The Morgan fingerprint density at radius 2 is 2.29 bits per heavy atom. The highest BCUT2D eigenvalue weighted by Crippen LogP contribution is 2.33. The standard InChI is InChI=1S/C11H11Br2NO2S/c1-2-6-3-9(15)14(5-6)11(16)7-4-8(12)17-10(7)13/h4,6H,2-3,5H2,1H3. The van der Waals surface area contributed by atoms with Gasteiger partial charge in [-0.2, -0.15) is 0 Å². The molecule has 92 valence electrons. The van der Waals surface area contributed by atoms with Crippen LogP contribution in [0.25, 0.3) is 0 Å². The summed E-state index contributed by atoms with van der Waals surface area (Å²) in [6.45, 7) is 2.59. The fourth-order valence-corrected chi connectivity index (χ4v) is 4.66. The second-order valence-corrected chi connectivity index (χ2v) is 7.78. The van der Waals surface area contributed by atoms with Crippen LogP contribution >= 0.6 is 43.2 Å². The van der Waals surface area contributed by atoms with Crippen LogP contribution in [0.1, 0.15) is 30.1 Å². The van der Waals surface area contributed by atoms with Gasteiger partial charge in [-0.05, 0) is 43.8 Å². The van der Waals surface area contributed by atoms with Gasteiger partial charge in [0.2, 0.25) is 5.91 Å². The summed E-state index contributed by atoms with van der Waals surface area (Å²) in [7, 11) is 0. The van der Waals surface area contributed by atoms with Gasteiger partial charge >= 0.3 is 0 Å². The molecule has 3 nitrogen and oxygen atoms in total. The molecule has 1 aromatic heterocycles. The second kappa shape index (κ2) is 5.20. The first-order valence-electron chi connectivity index (χ1n) is 5.32. The lowest BCUT2D eigenvalue weighted by Gasteiger charge is -2.13. The molecule has 0 saturated carbocycles. The van der Waals surface area contributed by atoms with Crippen LogP contribution in [0.5, 0.6) is 0 Å². The molecule has 2 heterocycles. The van der Waals surface area contributed by atoms with Gasteiger partial charge in [0.15, 0.2) is 0 Å². The van der Waals surface area contributed by atoms with Crippen molar-refractivity contribution in [1.29, 1.82) is 0 Å². The minimum Gasteiger partial charge on any atom is -0.278 e. The Balaban J connectivity index is 2.21. The van der Waals surface area contributed by atoms with Crippen molar-refractivity contribution in [1.82, 2.24) is 4.90 Å². The van der Waals surface area contributed by atoms with Gasteiger partial charge in [0, 0.05) is 13.0 Å². The Kier molecular flexibility index (Phi) is 4.05. The van der Waals surface area contributed by atoms with Crippen LogP contribution in [0.3, 0.4) is 0 Å². The van der Waals surface area contributed by atoms with Crippen molar-refractivity contribution in [2.24, 2.45) is 5.92 Å². The van der Waals surface area contributed by atoms with E-state index < -0.39 is 0 Å². The number of amides is 2. The van der Waals surface area contributed by atoms with Crippen LogP contribution in [0.15, 0.2) is 13.6 Å². The number of halogens is 2. The smallest absolute Gasteiger partial charge is 0.262 e. The number of carbonyl (C=O) groups is 2. The molecule has 1 aliphatic rings. The summed E-state index contributed by atoms with van der Waals surface area (Å²) in [6, 6.07) is 1.75. The van der Waals surface area contributed by atoms with Crippen molar-refractivity contribution < 1.29 is 9.59 Å². The molecule has 0 N–H and O–H groups in total. The molecule has 2 rings (SSSR count). The maximum Gasteiger partial charge on any atom is 0.262 e. The predicted molar refractivity (Wildman–Crippen MR) is 74.2 cm³/mol. The van der Waals surface area contributed by atoms with E-state index in [0.29, 0.717) is 24.4 Å². The molecule has 1 atom stereocenters. The zero-order valence-electron chi connectivity index (χ0n) is 9.20. The monoisotopic (exact) mass is 379 g/mol. The summed E-state index contributed by atoms with van der Waals surface area (Å²) >= 11 is 8.12. The molecule has 1 unspecified atom stereocenters. The third kappa shape index (κ3) is 2.63. The summed E-state index contributed by atoms with van der Waals surface area (Å²) in [5.41, 5.74) is 0.562. The maximum atomic E-state index is 12.2. The Labute approximate surface area is 120 Å². The molecule has 1 aromatic rings. The summed E-state index contributed by atoms with van der Waals surface area (Å²) in [6.07, 6.45) is 1.43. The van der Waals surface area contributed by atoms with Gasteiger partial charge in [0.1, 0.15) is 0 Å². The van der Waals surface area contributed by atoms with E-state index in [1.165, 1.54) is 16.2 Å². The molecule has 0 spiro atoms. The van der Waals surface area contributed by atoms with Crippen LogP contribution in [0, 0.1) is 5.92 Å². The van der Waals surface area contributed by atoms with E-state index in [9.17, 15) is 9.59 Å². The average Bonchev–Trinajstić information content (AvgIpc) is 2.81. The molecule has 0 aromatic carbocycles. The summed E-state index contributed by atoms with van der Waals surface area (Å²) in [4.78, 5) is 25.3. The summed E-state index contributed by atoms with van der Waals surface area (Å²) in [5, 5.41) is 0. The molecule has 0 aliphatic carbocycles. The number of likely N-dealkylation sites (tertiary alicyclic amines) is 1. The van der Waals surface area contributed by atoms with Crippen LogP contribution in [0.4, 0.5) is 0 Å². The first kappa shape index (κ1) is 13.2. The van der Waals surface area contributed by atoms with Gasteiger partial charge in [-0.15, -0.1) is 11.3 Å². The maximum absolute atomic E-state index is 12.2. The minimum atomic E-state index is -0.195. The van der Waals surface area contributed by atoms with Gasteiger partial charge in [-0.1, -0.05) is 13.3 Å². The van der Waals surface area contributed by atoms with Gasteiger partial charge < -0.3 is 0 Å². The van der Waals surface area contributed by atoms with E-state index in [4.69, 9.17) is 0 Å². The number of hydrogen-bond donors (Lipinski definition) is 0. The number of carbonyl (C=O) groups excluding carboxylic acids is 2. The number of thiophene rings is 1. The van der Waals surface area contributed by atoms with Crippen molar-refractivity contribution >= 4 is 55.0 Å². The molecule has 17 heavy (non-hydrogen) atoms. The lowest BCUT2D eigenvalue weighted by molar-refractivity contribution is -0.125. The van der Waals surface area contributed by atoms with Crippen molar-refractivity contribution in [2.45, 2.75) is 19.8 Å². The number of nitrogens with zero attached hydrogens (tertiary/aromatic N) is 1. The van der Waals surface area contributed by atoms with Crippen LogP contribution < -0.4 is 0 Å². The molecule has 1 fully saturated rings. The van der Waals surface area contributed by atoms with Gasteiger partial charge in [-0.25, -0.2) is 0 Å². The van der Waals surface area contributed by atoms with Crippen molar-refractivity contribution in [3.05, 3.63) is 19.2 Å². The zero-order valence-corrected chi connectivity index (χ0v) is 13.2. The summed E-state index contributed by atoms with van der Waals surface area (Å²) < 4.78 is 1.65. The van der Waals surface area contributed by atoms with Crippen molar-refractivity contribution in [3.8, 4) is 0 Å². The molecular formula is C11H11Br2NO2S. The Morgan fingerprint density at radius 3 is 2.76 bits per heavy atom. The van der Waals surface area contributed by atoms with Gasteiger partial charge in [0.05, 0.1) is 13.1 Å². The average molecular weight is 381 g/mol. The largest absolute Gasteiger partial charge is 0.278 e. The van der Waals surface area contributed by atoms with E-state index in [1.807, 2.05) is 6.92 Å². The predicted octanol–water partition coefficient (Wildman–Crippen LogP) is 3.67. The lowest BCUT2D eigenvalue weighted by atomic mass is 10.1. The molecule has 1 saturated heterocycles. The Hall–Kier alpha value is -0.200. The fourth-order valence-electron chi connectivity index (χ4n) is 1.88. The highest BCUT2D eigenvalue weighted by molar-refractivity contribution is 9.12. The number of imide groups is 1. The zero-order chi connectivity index (χ0) is 12.6. The van der Waals surface area contributed by atoms with E-state index in [-0.39, 0.29) is 11.8 Å². The first-order chi connectivity index (χ1) is 8.02. The Morgan fingerprint density at radius 1 is 1.59 bits per heavy atom. The molecule has 1 aliphatic heterocycles. The molecular weight excluding hydrogens is 370 g/mol. The molecule has 2 amide bonds. The highest BCUT2D eigenvalue weighted by Gasteiger charge is 2.34. The SMILES string of the molecule is CCC1CC(=O)N(C(=O)c2cc(Br)sc2Br)C1. The first-order valence-corrected chi connectivity index (χ1v) is 7.72. The van der Waals surface area contributed by atoms with Crippen LogP contribution in [-0.2, 0) is 4.79 Å². The van der Waals surface area contributed by atoms with Gasteiger partial charge in [-0.3, -0.25) is 14.5 Å². The van der Waals surface area contributed by atoms with Crippen LogP contribution in [-0.4, -0.2) is 23.3 Å². The number of hydrogen-bond acceptors (Lipinski definition) is 3. The van der Waals surface area contributed by atoms with E-state index in [1.54, 1.807) is 6.07 Å². The molecule has 0 bridgehead atoms. The van der Waals surface area contributed by atoms with E-state index in [0.717, 1.165) is 14.0 Å². The fraction of sp³-hybridized carbons (Fsp3) is 0.455. The minimum absolute atomic E-state index is 0.0592. The third-order valence-corrected chi connectivity index (χ3v) is 5.25. The topological polar surface area (TPSA) is 37.4 Å². The van der Waals surface area contributed by atoms with Gasteiger partial charge in [0.25, 0.3) is 5.91 Å². The normalized spacial score (nSPS) is 20.1. The third-order valence-electron chi connectivity index (χ3n) is 2.91. The van der Waals surface area contributed by atoms with E-state index >= 15 is 0 Å². The highest BCUT2D eigenvalue weighted by atomic mass is 79.9. The van der Waals surface area contributed by atoms with Crippen LogP contribution in [0.2, 0.25) is 0 Å². The quantitative estimate of drug-likeness (QED) is 0.734. The lowest BCUT2D eigenvalue weighted by Crippen LogP contribution is -2.32. The van der Waals surface area contributed by atoms with E-state index in [2.05, 4.69) is 31.9 Å². The molecule has 6 heteroatoms. The summed E-state index contributed by atoms with van der Waals surface area (Å²) in [5.74, 6) is 0.0585. The molecule has 0 radical (unpaired) electrons. The van der Waals surface area contributed by atoms with Crippen molar-refractivity contribution in [3.63, 3.8) is 0 Å².